The molecule has 3 nitrogen and oxygen atoms in total. The van der Waals surface area contributed by atoms with Crippen LogP contribution >= 0.6 is 0 Å². The van der Waals surface area contributed by atoms with Crippen LogP contribution in [0.25, 0.3) is 10.9 Å². The molecule has 0 N–H and O–H groups in total. The molecule has 1 aromatic carbocycles. The first-order valence-corrected chi connectivity index (χ1v) is 7.28. The van der Waals surface area contributed by atoms with E-state index in [0.717, 1.165) is 23.2 Å². The number of aryl methyl sites for hydroxylation is 1. The van der Waals surface area contributed by atoms with Crippen molar-refractivity contribution in [1.82, 2.24) is 9.97 Å². The fourth-order valence-corrected chi connectivity index (χ4v) is 3.37. The van der Waals surface area contributed by atoms with E-state index in [0.29, 0.717) is 0 Å². The number of aromatic nitrogens is 2. The Morgan fingerprint density at radius 2 is 1.95 bits per heavy atom. The SMILES string of the molecule is Cc1cccc2c(N3CC(C4CCC4)C3)ncnc12. The van der Waals surface area contributed by atoms with E-state index in [2.05, 4.69) is 40.0 Å². The van der Waals surface area contributed by atoms with E-state index in [9.17, 15) is 0 Å². The smallest absolute Gasteiger partial charge is 0.139 e. The van der Waals surface area contributed by atoms with E-state index in [-0.39, 0.29) is 0 Å². The van der Waals surface area contributed by atoms with E-state index < -0.39 is 0 Å². The highest BCUT2D eigenvalue weighted by Crippen LogP contribution is 2.40. The Kier molecular flexibility index (Phi) is 2.47. The molecular weight excluding hydrogens is 234 g/mol. The number of anilines is 1. The normalized spacial score (nSPS) is 20.4. The molecule has 1 saturated carbocycles. The van der Waals surface area contributed by atoms with Gasteiger partial charge in [0.2, 0.25) is 0 Å². The van der Waals surface area contributed by atoms with Gasteiger partial charge in [-0.25, -0.2) is 9.97 Å². The highest BCUT2D eigenvalue weighted by atomic mass is 15.2. The fraction of sp³-hybridized carbons (Fsp3) is 0.500. The van der Waals surface area contributed by atoms with E-state index in [1.165, 1.54) is 43.3 Å². The average molecular weight is 253 g/mol. The monoisotopic (exact) mass is 253 g/mol. The van der Waals surface area contributed by atoms with Gasteiger partial charge in [0.25, 0.3) is 0 Å². The Hall–Kier alpha value is -1.64. The summed E-state index contributed by atoms with van der Waals surface area (Å²) < 4.78 is 0. The maximum absolute atomic E-state index is 4.52. The van der Waals surface area contributed by atoms with E-state index in [1.807, 2.05) is 0 Å². The van der Waals surface area contributed by atoms with Gasteiger partial charge in [0.15, 0.2) is 0 Å². The number of nitrogens with zero attached hydrogens (tertiary/aromatic N) is 3. The van der Waals surface area contributed by atoms with E-state index in [4.69, 9.17) is 0 Å². The Bertz CT molecular complexity index is 612. The highest BCUT2D eigenvalue weighted by molar-refractivity contribution is 5.91. The van der Waals surface area contributed by atoms with Gasteiger partial charge in [0, 0.05) is 18.5 Å². The van der Waals surface area contributed by atoms with Crippen molar-refractivity contribution in [3.05, 3.63) is 30.1 Å². The number of hydrogen-bond acceptors (Lipinski definition) is 3. The Labute approximate surface area is 113 Å². The van der Waals surface area contributed by atoms with Crippen LogP contribution in [0.15, 0.2) is 24.5 Å². The molecule has 1 aliphatic carbocycles. The van der Waals surface area contributed by atoms with E-state index in [1.54, 1.807) is 6.33 Å². The third-order valence-corrected chi connectivity index (χ3v) is 4.87. The van der Waals surface area contributed by atoms with Crippen molar-refractivity contribution >= 4 is 16.7 Å². The van der Waals surface area contributed by atoms with Crippen LogP contribution in [0.1, 0.15) is 24.8 Å². The minimum atomic E-state index is 0.906. The summed E-state index contributed by atoms with van der Waals surface area (Å²) in [6.07, 6.45) is 6.04. The maximum atomic E-state index is 4.52. The molecule has 0 spiro atoms. The summed E-state index contributed by atoms with van der Waals surface area (Å²) >= 11 is 0. The topological polar surface area (TPSA) is 29.0 Å². The third-order valence-electron chi connectivity index (χ3n) is 4.87. The van der Waals surface area contributed by atoms with Crippen LogP contribution < -0.4 is 4.90 Å². The number of rotatable bonds is 2. The van der Waals surface area contributed by atoms with Gasteiger partial charge in [-0.1, -0.05) is 31.4 Å². The Balaban J connectivity index is 1.63. The second kappa shape index (κ2) is 4.19. The quantitative estimate of drug-likeness (QED) is 0.823. The standard InChI is InChI=1S/C16H19N3/c1-11-4-2-7-14-15(11)17-10-18-16(14)19-8-13(9-19)12-5-3-6-12/h2,4,7,10,12-13H,3,5-6,8-9H2,1H3. The lowest BCUT2D eigenvalue weighted by Crippen LogP contribution is -2.51. The van der Waals surface area contributed by atoms with Gasteiger partial charge in [0.05, 0.1) is 5.52 Å². The summed E-state index contributed by atoms with van der Waals surface area (Å²) in [4.78, 5) is 11.4. The molecule has 2 heterocycles. The second-order valence-electron chi connectivity index (χ2n) is 6.02. The van der Waals surface area contributed by atoms with Crippen LogP contribution in [0.2, 0.25) is 0 Å². The first-order valence-electron chi connectivity index (χ1n) is 7.28. The molecule has 1 aliphatic heterocycles. The summed E-state index contributed by atoms with van der Waals surface area (Å²) in [6.45, 7) is 4.49. The van der Waals surface area contributed by atoms with Gasteiger partial charge in [-0.3, -0.25) is 0 Å². The lowest BCUT2D eigenvalue weighted by molar-refractivity contribution is 0.173. The Morgan fingerprint density at radius 3 is 2.68 bits per heavy atom. The molecule has 2 aliphatic rings. The van der Waals surface area contributed by atoms with Gasteiger partial charge in [-0.05, 0) is 30.4 Å². The first kappa shape index (κ1) is 11.2. The number of fused-ring (bicyclic) bond motifs is 1. The van der Waals surface area contributed by atoms with Crippen LogP contribution in [0.3, 0.4) is 0 Å². The molecule has 2 fully saturated rings. The number of para-hydroxylation sites is 1. The first-order chi connectivity index (χ1) is 9.33. The summed E-state index contributed by atoms with van der Waals surface area (Å²) in [6, 6.07) is 6.37. The molecule has 0 atom stereocenters. The van der Waals surface area contributed by atoms with Crippen molar-refractivity contribution in [1.29, 1.82) is 0 Å². The predicted octanol–water partition coefficient (Wildman–Crippen LogP) is 3.17. The summed E-state index contributed by atoms with van der Waals surface area (Å²) in [7, 11) is 0. The van der Waals surface area contributed by atoms with Crippen LogP contribution in [0.4, 0.5) is 5.82 Å². The van der Waals surface area contributed by atoms with Crippen molar-refractivity contribution in [2.24, 2.45) is 11.8 Å². The highest BCUT2D eigenvalue weighted by Gasteiger charge is 2.37. The minimum Gasteiger partial charge on any atom is -0.355 e. The second-order valence-corrected chi connectivity index (χ2v) is 6.02. The van der Waals surface area contributed by atoms with Crippen LogP contribution in [0, 0.1) is 18.8 Å². The summed E-state index contributed by atoms with van der Waals surface area (Å²) in [5.41, 5.74) is 2.33. The molecule has 98 valence electrons. The molecule has 1 aromatic heterocycles. The zero-order valence-corrected chi connectivity index (χ0v) is 11.3. The molecule has 3 heteroatoms. The molecule has 0 bridgehead atoms. The largest absolute Gasteiger partial charge is 0.355 e. The minimum absolute atomic E-state index is 0.906. The number of hydrogen-bond donors (Lipinski definition) is 0. The maximum Gasteiger partial charge on any atom is 0.139 e. The molecule has 0 radical (unpaired) electrons. The molecule has 19 heavy (non-hydrogen) atoms. The van der Waals surface area contributed by atoms with Crippen LogP contribution in [0.5, 0.6) is 0 Å². The van der Waals surface area contributed by atoms with Crippen molar-refractivity contribution in [3.8, 4) is 0 Å². The molecule has 0 unspecified atom stereocenters. The lowest BCUT2D eigenvalue weighted by atomic mass is 9.72. The van der Waals surface area contributed by atoms with Gasteiger partial charge >= 0.3 is 0 Å². The molecule has 2 aromatic rings. The van der Waals surface area contributed by atoms with Crippen LogP contribution in [-0.4, -0.2) is 23.1 Å². The average Bonchev–Trinajstić information content (AvgIpc) is 2.31. The fourth-order valence-electron chi connectivity index (χ4n) is 3.37. The summed E-state index contributed by atoms with van der Waals surface area (Å²) in [5, 5.41) is 1.20. The van der Waals surface area contributed by atoms with Crippen molar-refractivity contribution in [2.75, 3.05) is 18.0 Å². The van der Waals surface area contributed by atoms with Crippen molar-refractivity contribution in [3.63, 3.8) is 0 Å². The van der Waals surface area contributed by atoms with Crippen molar-refractivity contribution < 1.29 is 0 Å². The predicted molar refractivity (Wildman–Crippen MR) is 77.3 cm³/mol. The summed E-state index contributed by atoms with van der Waals surface area (Å²) in [5.74, 6) is 3.03. The lowest BCUT2D eigenvalue weighted by Gasteiger charge is -2.47. The van der Waals surface area contributed by atoms with Crippen LogP contribution in [-0.2, 0) is 0 Å². The molecule has 0 amide bonds. The van der Waals surface area contributed by atoms with E-state index >= 15 is 0 Å². The number of benzene rings is 1. The van der Waals surface area contributed by atoms with Crippen molar-refractivity contribution in [2.45, 2.75) is 26.2 Å². The molecule has 4 rings (SSSR count). The molecule has 1 saturated heterocycles. The van der Waals surface area contributed by atoms with Gasteiger partial charge in [-0.15, -0.1) is 0 Å². The Morgan fingerprint density at radius 1 is 1.11 bits per heavy atom. The zero-order valence-electron chi connectivity index (χ0n) is 11.3. The zero-order chi connectivity index (χ0) is 12.8. The van der Waals surface area contributed by atoms with Gasteiger partial charge < -0.3 is 4.90 Å². The third kappa shape index (κ3) is 1.71. The van der Waals surface area contributed by atoms with Gasteiger partial charge in [0.1, 0.15) is 12.1 Å². The molecular formula is C16H19N3. The van der Waals surface area contributed by atoms with Gasteiger partial charge in [-0.2, -0.15) is 0 Å².